The molecular formula is C20H19ClN6OS. The van der Waals surface area contributed by atoms with Gasteiger partial charge in [-0.25, -0.2) is 4.98 Å². The highest BCUT2D eigenvalue weighted by Gasteiger charge is 2.17. The summed E-state index contributed by atoms with van der Waals surface area (Å²) in [4.78, 5) is 16.9. The van der Waals surface area contributed by atoms with Crippen LogP contribution >= 0.6 is 23.4 Å². The van der Waals surface area contributed by atoms with Crippen molar-refractivity contribution >= 4 is 34.9 Å². The van der Waals surface area contributed by atoms with Crippen LogP contribution in [0.5, 0.6) is 0 Å². The van der Waals surface area contributed by atoms with E-state index in [1.807, 2.05) is 71.6 Å². The van der Waals surface area contributed by atoms with Crippen LogP contribution in [0.3, 0.4) is 0 Å². The van der Waals surface area contributed by atoms with E-state index in [1.165, 1.54) is 11.8 Å². The highest BCUT2D eigenvalue weighted by Crippen LogP contribution is 2.26. The predicted molar refractivity (Wildman–Crippen MR) is 114 cm³/mol. The molecular weight excluding hydrogens is 408 g/mol. The number of hydrogen-bond donors (Lipinski definition) is 1. The molecule has 7 nitrogen and oxygen atoms in total. The molecule has 148 valence electrons. The number of carbonyl (C=O) groups excluding carboxylic acids is 1. The Hall–Kier alpha value is -2.84. The maximum absolute atomic E-state index is 12.5. The molecule has 1 amide bonds. The first-order valence-electron chi connectivity index (χ1n) is 9.05. The zero-order chi connectivity index (χ0) is 20.4. The maximum Gasteiger partial charge on any atom is 0.231 e. The summed E-state index contributed by atoms with van der Waals surface area (Å²) in [6, 6.07) is 11.1. The van der Waals surface area contributed by atoms with Crippen LogP contribution in [0.4, 0.5) is 0 Å². The molecule has 0 saturated heterocycles. The summed E-state index contributed by atoms with van der Waals surface area (Å²) in [6.07, 6.45) is 5.46. The van der Waals surface area contributed by atoms with E-state index in [4.69, 9.17) is 11.6 Å². The summed E-state index contributed by atoms with van der Waals surface area (Å²) >= 11 is 7.61. The number of thioether (sulfide) groups is 1. The van der Waals surface area contributed by atoms with Gasteiger partial charge in [-0.2, -0.15) is 0 Å². The van der Waals surface area contributed by atoms with Crippen molar-refractivity contribution in [1.29, 1.82) is 0 Å². The average molecular weight is 427 g/mol. The van der Waals surface area contributed by atoms with E-state index in [9.17, 15) is 4.79 Å². The molecule has 0 spiro atoms. The lowest BCUT2D eigenvalue weighted by Crippen LogP contribution is -2.29. The molecule has 0 aliphatic heterocycles. The molecule has 4 aromatic rings. The van der Waals surface area contributed by atoms with Crippen molar-refractivity contribution in [2.45, 2.75) is 25.0 Å². The molecule has 1 N–H and O–H groups in total. The molecule has 0 bridgehead atoms. The minimum Gasteiger partial charge on any atom is -0.346 e. The van der Waals surface area contributed by atoms with Crippen molar-refractivity contribution in [3.05, 3.63) is 71.4 Å². The number of pyridine rings is 1. The van der Waals surface area contributed by atoms with E-state index < -0.39 is 0 Å². The van der Waals surface area contributed by atoms with Crippen LogP contribution < -0.4 is 5.32 Å². The van der Waals surface area contributed by atoms with Gasteiger partial charge >= 0.3 is 0 Å². The monoisotopic (exact) mass is 426 g/mol. The molecule has 1 unspecified atom stereocenters. The first kappa shape index (κ1) is 19.5. The molecule has 0 radical (unpaired) electrons. The van der Waals surface area contributed by atoms with Gasteiger partial charge in [0.1, 0.15) is 0 Å². The second-order valence-electron chi connectivity index (χ2n) is 6.53. The third-order valence-electron chi connectivity index (χ3n) is 4.54. The number of fused-ring (bicyclic) bond motifs is 1. The first-order chi connectivity index (χ1) is 14.0. The normalized spacial score (nSPS) is 12.2. The summed E-state index contributed by atoms with van der Waals surface area (Å²) in [5.74, 6) is 0.820. The Morgan fingerprint density at radius 1 is 1.21 bits per heavy atom. The number of amides is 1. The van der Waals surface area contributed by atoms with Crippen molar-refractivity contribution in [1.82, 2.24) is 29.5 Å². The molecule has 1 aromatic carbocycles. The Balaban J connectivity index is 1.43. The molecule has 1 atom stereocenters. The molecule has 3 aromatic heterocycles. The van der Waals surface area contributed by atoms with E-state index in [0.717, 1.165) is 22.1 Å². The standard InChI is InChI=1S/C20H19ClN6OS/c1-13-15(21)6-5-7-16(13)26-11-9-22-20(26)29-12-18(28)23-14(2)19-25-24-17-8-3-4-10-27(17)19/h3-11,14H,12H2,1-2H3,(H,23,28). The fourth-order valence-electron chi connectivity index (χ4n) is 3.07. The highest BCUT2D eigenvalue weighted by atomic mass is 35.5. The number of imidazole rings is 1. The Morgan fingerprint density at radius 2 is 2.07 bits per heavy atom. The minimum absolute atomic E-state index is 0.104. The van der Waals surface area contributed by atoms with Gasteiger partial charge in [-0.05, 0) is 43.7 Å². The molecule has 3 heterocycles. The summed E-state index contributed by atoms with van der Waals surface area (Å²) < 4.78 is 3.81. The molecule has 0 fully saturated rings. The second-order valence-corrected chi connectivity index (χ2v) is 7.88. The number of nitrogens with zero attached hydrogens (tertiary/aromatic N) is 5. The van der Waals surface area contributed by atoms with Crippen LogP contribution in [0.2, 0.25) is 5.02 Å². The van der Waals surface area contributed by atoms with Gasteiger partial charge in [-0.1, -0.05) is 35.5 Å². The number of nitrogens with one attached hydrogen (secondary N) is 1. The third kappa shape index (κ3) is 3.99. The van der Waals surface area contributed by atoms with Gasteiger partial charge in [-0.15, -0.1) is 10.2 Å². The molecule has 9 heteroatoms. The fourth-order valence-corrected chi connectivity index (χ4v) is 4.02. The Morgan fingerprint density at radius 3 is 2.93 bits per heavy atom. The number of aromatic nitrogens is 5. The molecule has 29 heavy (non-hydrogen) atoms. The molecule has 0 saturated carbocycles. The summed E-state index contributed by atoms with van der Waals surface area (Å²) in [5, 5.41) is 12.7. The zero-order valence-electron chi connectivity index (χ0n) is 15.9. The van der Waals surface area contributed by atoms with Crippen molar-refractivity contribution in [3.63, 3.8) is 0 Å². The minimum atomic E-state index is -0.268. The fraction of sp³-hybridized carbons (Fsp3) is 0.200. The molecule has 0 aliphatic rings. The zero-order valence-corrected chi connectivity index (χ0v) is 17.5. The lowest BCUT2D eigenvalue weighted by molar-refractivity contribution is -0.119. The smallest absolute Gasteiger partial charge is 0.231 e. The predicted octanol–water partition coefficient (Wildman–Crippen LogP) is 3.85. The van der Waals surface area contributed by atoms with Crippen LogP contribution in [0.15, 0.2) is 60.1 Å². The number of carbonyl (C=O) groups is 1. The van der Waals surface area contributed by atoms with Gasteiger partial charge in [0.15, 0.2) is 16.6 Å². The summed E-state index contributed by atoms with van der Waals surface area (Å²) in [5.41, 5.74) is 2.66. The van der Waals surface area contributed by atoms with Crippen molar-refractivity contribution in [2.75, 3.05) is 5.75 Å². The van der Waals surface area contributed by atoms with Gasteiger partial charge in [0.25, 0.3) is 0 Å². The summed E-state index contributed by atoms with van der Waals surface area (Å²) in [7, 11) is 0. The van der Waals surface area contributed by atoms with Gasteiger partial charge in [-0.3, -0.25) is 13.8 Å². The highest BCUT2D eigenvalue weighted by molar-refractivity contribution is 7.99. The van der Waals surface area contributed by atoms with Crippen molar-refractivity contribution < 1.29 is 4.79 Å². The van der Waals surface area contributed by atoms with Crippen molar-refractivity contribution in [2.24, 2.45) is 0 Å². The first-order valence-corrected chi connectivity index (χ1v) is 10.4. The van der Waals surface area contributed by atoms with Gasteiger partial charge in [0, 0.05) is 23.6 Å². The number of rotatable bonds is 6. The Bertz CT molecular complexity index is 1170. The van der Waals surface area contributed by atoms with Gasteiger partial charge in [0.2, 0.25) is 5.91 Å². The molecule has 4 rings (SSSR count). The average Bonchev–Trinajstić information content (AvgIpc) is 3.35. The third-order valence-corrected chi connectivity index (χ3v) is 5.92. The van der Waals surface area contributed by atoms with E-state index in [1.54, 1.807) is 6.20 Å². The SMILES string of the molecule is Cc1c(Cl)cccc1-n1ccnc1SCC(=O)NC(C)c1nnc2ccccn12. The van der Waals surface area contributed by atoms with Gasteiger partial charge in [0.05, 0.1) is 17.5 Å². The number of hydrogen-bond acceptors (Lipinski definition) is 5. The van der Waals surface area contributed by atoms with Gasteiger partial charge < -0.3 is 5.32 Å². The molecule has 0 aliphatic carbocycles. The Labute approximate surface area is 177 Å². The number of halogens is 1. The topological polar surface area (TPSA) is 77.1 Å². The van der Waals surface area contributed by atoms with Crippen LogP contribution in [-0.2, 0) is 4.79 Å². The van der Waals surface area contributed by atoms with Crippen molar-refractivity contribution in [3.8, 4) is 5.69 Å². The van der Waals surface area contributed by atoms with Crippen LogP contribution in [-0.4, -0.2) is 35.8 Å². The van der Waals surface area contributed by atoms with E-state index in [2.05, 4.69) is 20.5 Å². The Kier molecular flexibility index (Phi) is 5.55. The van der Waals surface area contributed by atoms with Crippen LogP contribution in [0.25, 0.3) is 11.3 Å². The lowest BCUT2D eigenvalue weighted by atomic mass is 10.2. The van der Waals surface area contributed by atoms with E-state index in [-0.39, 0.29) is 17.7 Å². The lowest BCUT2D eigenvalue weighted by Gasteiger charge is -2.13. The second kappa shape index (κ2) is 8.26. The van der Waals surface area contributed by atoms with Crippen LogP contribution in [0, 0.1) is 6.92 Å². The summed E-state index contributed by atoms with van der Waals surface area (Å²) in [6.45, 7) is 3.85. The number of benzene rings is 1. The van der Waals surface area contributed by atoms with Crippen LogP contribution in [0.1, 0.15) is 24.4 Å². The van der Waals surface area contributed by atoms with E-state index >= 15 is 0 Å². The van der Waals surface area contributed by atoms with E-state index in [0.29, 0.717) is 10.8 Å². The largest absolute Gasteiger partial charge is 0.346 e. The quantitative estimate of drug-likeness (QED) is 0.474. The maximum atomic E-state index is 12.5.